The van der Waals surface area contributed by atoms with Crippen LogP contribution in [0.3, 0.4) is 0 Å². The second-order valence-corrected chi connectivity index (χ2v) is 7.55. The Morgan fingerprint density at radius 1 is 1.11 bits per heavy atom. The fourth-order valence-corrected chi connectivity index (χ4v) is 5.66. The van der Waals surface area contributed by atoms with E-state index in [1.807, 2.05) is 6.92 Å². The summed E-state index contributed by atoms with van der Waals surface area (Å²) in [7, 11) is 0. The smallest absolute Gasteiger partial charge is 0.239 e. The summed E-state index contributed by atoms with van der Waals surface area (Å²) in [6.07, 6.45) is 7.38. The normalized spacial score (nSPS) is 48.9. The Kier molecular flexibility index (Phi) is 2.87. The van der Waals surface area contributed by atoms with Gasteiger partial charge in [-0.2, -0.15) is 0 Å². The van der Waals surface area contributed by atoms with Crippen LogP contribution in [0, 0.1) is 29.6 Å². The lowest BCUT2D eigenvalue weighted by Crippen LogP contribution is -2.57. The fraction of sp³-hybridized carbons (Fsp3) is 0.938. The van der Waals surface area contributed by atoms with Crippen LogP contribution in [-0.2, 0) is 4.79 Å². The summed E-state index contributed by atoms with van der Waals surface area (Å²) >= 11 is 0. The third-order valence-corrected chi connectivity index (χ3v) is 6.37. The number of hydrogen-bond donors (Lipinski definition) is 1. The summed E-state index contributed by atoms with van der Waals surface area (Å²) in [5, 5.41) is 3.27. The lowest BCUT2D eigenvalue weighted by molar-refractivity contribution is -0.138. The van der Waals surface area contributed by atoms with E-state index in [1.165, 1.54) is 32.1 Å². The molecule has 4 aliphatic carbocycles. The molecule has 1 amide bonds. The molecule has 5 rings (SSSR count). The molecule has 0 aromatic carbocycles. The van der Waals surface area contributed by atoms with E-state index < -0.39 is 0 Å². The lowest BCUT2D eigenvalue weighted by Gasteiger charge is -2.55. The van der Waals surface area contributed by atoms with Gasteiger partial charge in [0.2, 0.25) is 5.91 Å². The summed E-state index contributed by atoms with van der Waals surface area (Å²) in [5.41, 5.74) is 0. The van der Waals surface area contributed by atoms with Crippen molar-refractivity contribution in [2.75, 3.05) is 19.6 Å². The molecule has 106 valence electrons. The van der Waals surface area contributed by atoms with E-state index in [9.17, 15) is 4.79 Å². The van der Waals surface area contributed by atoms with E-state index in [2.05, 4.69) is 10.2 Å². The minimum absolute atomic E-state index is 0.0329. The van der Waals surface area contributed by atoms with Gasteiger partial charge in [-0.1, -0.05) is 0 Å². The van der Waals surface area contributed by atoms with Crippen molar-refractivity contribution < 1.29 is 4.79 Å². The Morgan fingerprint density at radius 3 is 2.37 bits per heavy atom. The summed E-state index contributed by atoms with van der Waals surface area (Å²) in [4.78, 5) is 14.4. The maximum Gasteiger partial charge on any atom is 0.239 e. The van der Waals surface area contributed by atoms with Gasteiger partial charge < -0.3 is 10.2 Å². The molecule has 0 aromatic rings. The summed E-state index contributed by atoms with van der Waals surface area (Å²) in [6, 6.07) is 0.0329. The second-order valence-electron chi connectivity index (χ2n) is 7.55. The van der Waals surface area contributed by atoms with Gasteiger partial charge in [0.15, 0.2) is 0 Å². The number of amides is 1. The first-order valence-corrected chi connectivity index (χ1v) is 8.23. The first-order chi connectivity index (χ1) is 9.20. The third kappa shape index (κ3) is 2.01. The van der Waals surface area contributed by atoms with Crippen LogP contribution in [0.5, 0.6) is 0 Å². The molecule has 1 N–H and O–H groups in total. The van der Waals surface area contributed by atoms with Crippen molar-refractivity contribution in [2.45, 2.75) is 45.1 Å². The highest BCUT2D eigenvalue weighted by Crippen LogP contribution is 2.56. The van der Waals surface area contributed by atoms with Gasteiger partial charge >= 0.3 is 0 Å². The van der Waals surface area contributed by atoms with Crippen LogP contribution in [0.2, 0.25) is 0 Å². The van der Waals surface area contributed by atoms with Gasteiger partial charge in [0.05, 0.1) is 6.04 Å². The van der Waals surface area contributed by atoms with Gasteiger partial charge in [-0.15, -0.1) is 0 Å². The minimum Gasteiger partial charge on any atom is -0.340 e. The van der Waals surface area contributed by atoms with Gasteiger partial charge in [0.25, 0.3) is 0 Å². The van der Waals surface area contributed by atoms with Crippen molar-refractivity contribution in [1.29, 1.82) is 0 Å². The molecule has 4 saturated carbocycles. The molecule has 1 unspecified atom stereocenters. The number of carbonyl (C=O) groups is 1. The molecular formula is C16H26N2O. The van der Waals surface area contributed by atoms with Crippen LogP contribution in [-0.4, -0.2) is 36.5 Å². The topological polar surface area (TPSA) is 32.3 Å². The molecule has 0 spiro atoms. The van der Waals surface area contributed by atoms with Gasteiger partial charge in [-0.05, 0) is 68.6 Å². The highest BCUT2D eigenvalue weighted by molar-refractivity contribution is 5.82. The average Bonchev–Trinajstić information content (AvgIpc) is 2.38. The van der Waals surface area contributed by atoms with E-state index in [-0.39, 0.29) is 6.04 Å². The van der Waals surface area contributed by atoms with Crippen LogP contribution >= 0.6 is 0 Å². The molecule has 0 aromatic heterocycles. The Bertz CT molecular complexity index is 353. The molecule has 3 heteroatoms. The molecule has 19 heavy (non-hydrogen) atoms. The molecule has 4 bridgehead atoms. The molecule has 5 fully saturated rings. The summed E-state index contributed by atoms with van der Waals surface area (Å²) in [6.45, 7) is 4.96. The Labute approximate surface area is 116 Å². The number of carbonyl (C=O) groups excluding carboxylic acids is 1. The lowest BCUT2D eigenvalue weighted by atomic mass is 9.52. The van der Waals surface area contributed by atoms with Crippen LogP contribution in [0.4, 0.5) is 0 Å². The highest BCUT2D eigenvalue weighted by atomic mass is 16.2. The first-order valence-electron chi connectivity index (χ1n) is 8.23. The maximum atomic E-state index is 12.3. The average molecular weight is 262 g/mol. The molecule has 1 atom stereocenters. The molecule has 0 radical (unpaired) electrons. The van der Waals surface area contributed by atoms with Crippen molar-refractivity contribution in [1.82, 2.24) is 10.2 Å². The number of rotatable bonds is 2. The predicted molar refractivity (Wildman–Crippen MR) is 74.6 cm³/mol. The van der Waals surface area contributed by atoms with E-state index in [0.717, 1.165) is 49.2 Å². The number of hydrogen-bond acceptors (Lipinski definition) is 2. The van der Waals surface area contributed by atoms with Crippen LogP contribution < -0.4 is 5.32 Å². The number of nitrogens with zero attached hydrogens (tertiary/aromatic N) is 1. The van der Waals surface area contributed by atoms with Crippen LogP contribution in [0.25, 0.3) is 0 Å². The zero-order chi connectivity index (χ0) is 13.0. The monoisotopic (exact) mass is 262 g/mol. The summed E-state index contributed by atoms with van der Waals surface area (Å²) in [5.74, 6) is 5.11. The Morgan fingerprint density at radius 2 is 1.74 bits per heavy atom. The van der Waals surface area contributed by atoms with E-state index >= 15 is 0 Å². The Balaban J connectivity index is 1.46. The first kappa shape index (κ1) is 12.2. The predicted octanol–water partition coefficient (Wildman–Crippen LogP) is 1.88. The van der Waals surface area contributed by atoms with Crippen molar-refractivity contribution in [2.24, 2.45) is 29.6 Å². The largest absolute Gasteiger partial charge is 0.340 e. The number of piperazine rings is 1. The molecule has 3 nitrogen and oxygen atoms in total. The molecule has 5 aliphatic rings. The zero-order valence-corrected chi connectivity index (χ0v) is 12.0. The van der Waals surface area contributed by atoms with Gasteiger partial charge in [0, 0.05) is 19.6 Å². The highest BCUT2D eigenvalue weighted by Gasteiger charge is 2.48. The standard InChI is InChI=1S/C16H26N2O/c1-10-16(19)18(3-2-17-10)9-15-13-5-11-4-12(7-13)8-14(15)6-11/h10-15,17H,2-9H2,1H3. The second kappa shape index (κ2) is 4.47. The molecule has 1 aliphatic heterocycles. The molecule has 1 saturated heterocycles. The van der Waals surface area contributed by atoms with Crippen LogP contribution in [0.15, 0.2) is 0 Å². The van der Waals surface area contributed by atoms with Crippen molar-refractivity contribution in [3.05, 3.63) is 0 Å². The van der Waals surface area contributed by atoms with Gasteiger partial charge in [0.1, 0.15) is 0 Å². The van der Waals surface area contributed by atoms with Crippen molar-refractivity contribution >= 4 is 5.91 Å². The molecule has 1 heterocycles. The third-order valence-electron chi connectivity index (χ3n) is 6.37. The fourth-order valence-electron chi connectivity index (χ4n) is 5.66. The van der Waals surface area contributed by atoms with E-state index in [4.69, 9.17) is 0 Å². The minimum atomic E-state index is 0.0329. The van der Waals surface area contributed by atoms with Gasteiger partial charge in [-0.3, -0.25) is 4.79 Å². The van der Waals surface area contributed by atoms with E-state index in [1.54, 1.807) is 0 Å². The summed E-state index contributed by atoms with van der Waals surface area (Å²) < 4.78 is 0. The van der Waals surface area contributed by atoms with Gasteiger partial charge in [-0.25, -0.2) is 0 Å². The SMILES string of the molecule is CC1NCCN(CC2C3CC4CC(C3)CC2C4)C1=O. The number of nitrogens with one attached hydrogen (secondary N) is 1. The maximum absolute atomic E-state index is 12.3. The van der Waals surface area contributed by atoms with Crippen molar-refractivity contribution in [3.8, 4) is 0 Å². The van der Waals surface area contributed by atoms with Crippen LogP contribution in [0.1, 0.15) is 39.0 Å². The molecular weight excluding hydrogens is 236 g/mol. The van der Waals surface area contributed by atoms with E-state index in [0.29, 0.717) is 5.91 Å². The Hall–Kier alpha value is -0.570. The quantitative estimate of drug-likeness (QED) is 0.824. The van der Waals surface area contributed by atoms with Crippen molar-refractivity contribution in [3.63, 3.8) is 0 Å². The zero-order valence-electron chi connectivity index (χ0n) is 12.0.